The second-order valence-electron chi connectivity index (χ2n) is 5.30. The first-order valence-electron chi connectivity index (χ1n) is 7.98. The first-order chi connectivity index (χ1) is 12.2. The molecule has 0 fully saturated rings. The van der Waals surface area contributed by atoms with Gasteiger partial charge in [0, 0.05) is 5.56 Å². The maximum Gasteiger partial charge on any atom is 0.399 e. The SMILES string of the molecule is CC.Cc1cc(C(/C=C/c2ccc(C=O)cc2)C(F)(F)F)cc(Cl)c1Cl. The Kier molecular flexibility index (Phi) is 8.38. The van der Waals surface area contributed by atoms with Crippen molar-refractivity contribution < 1.29 is 18.0 Å². The number of hydrogen-bond donors (Lipinski definition) is 0. The van der Waals surface area contributed by atoms with Gasteiger partial charge < -0.3 is 0 Å². The highest BCUT2D eigenvalue weighted by Gasteiger charge is 2.39. The van der Waals surface area contributed by atoms with Gasteiger partial charge in [0.05, 0.1) is 16.0 Å². The van der Waals surface area contributed by atoms with E-state index in [1.54, 1.807) is 31.2 Å². The van der Waals surface area contributed by atoms with Crippen LogP contribution < -0.4 is 0 Å². The zero-order chi connectivity index (χ0) is 19.9. The molecule has 0 N–H and O–H groups in total. The molecule has 1 nitrogen and oxygen atoms in total. The minimum absolute atomic E-state index is 0.0233. The molecular weight excluding hydrogens is 384 g/mol. The maximum absolute atomic E-state index is 13.4. The van der Waals surface area contributed by atoms with Gasteiger partial charge in [-0.15, -0.1) is 0 Å². The Bertz CT molecular complexity index is 743. The molecule has 6 heteroatoms. The van der Waals surface area contributed by atoms with Crippen molar-refractivity contribution in [1.82, 2.24) is 0 Å². The van der Waals surface area contributed by atoms with Gasteiger partial charge in [-0.05, 0) is 29.7 Å². The van der Waals surface area contributed by atoms with Gasteiger partial charge in [-0.2, -0.15) is 13.2 Å². The van der Waals surface area contributed by atoms with Crippen molar-refractivity contribution in [2.45, 2.75) is 32.9 Å². The van der Waals surface area contributed by atoms with E-state index in [0.717, 1.165) is 6.08 Å². The maximum atomic E-state index is 13.4. The van der Waals surface area contributed by atoms with Gasteiger partial charge in [0.1, 0.15) is 6.29 Å². The molecule has 0 aliphatic carbocycles. The third-order valence-electron chi connectivity index (χ3n) is 3.50. The molecule has 0 saturated heterocycles. The quantitative estimate of drug-likeness (QED) is 0.483. The van der Waals surface area contributed by atoms with Crippen LogP contribution in [-0.2, 0) is 0 Å². The number of allylic oxidation sites excluding steroid dienone is 1. The lowest BCUT2D eigenvalue weighted by Gasteiger charge is -2.18. The third kappa shape index (κ3) is 5.89. The average Bonchev–Trinajstić information content (AvgIpc) is 2.61. The van der Waals surface area contributed by atoms with Crippen LogP contribution in [0.4, 0.5) is 13.2 Å². The number of carbonyl (C=O) groups is 1. The summed E-state index contributed by atoms with van der Waals surface area (Å²) in [5.41, 5.74) is 1.53. The largest absolute Gasteiger partial charge is 0.399 e. The van der Waals surface area contributed by atoms with Crippen molar-refractivity contribution in [3.63, 3.8) is 0 Å². The van der Waals surface area contributed by atoms with E-state index in [4.69, 9.17) is 23.2 Å². The first-order valence-corrected chi connectivity index (χ1v) is 8.73. The van der Waals surface area contributed by atoms with Crippen molar-refractivity contribution in [3.8, 4) is 0 Å². The Morgan fingerprint density at radius 2 is 1.54 bits per heavy atom. The van der Waals surface area contributed by atoms with E-state index >= 15 is 0 Å². The van der Waals surface area contributed by atoms with Gasteiger partial charge >= 0.3 is 6.18 Å². The fourth-order valence-corrected chi connectivity index (χ4v) is 2.62. The molecule has 140 valence electrons. The van der Waals surface area contributed by atoms with Crippen LogP contribution in [0.5, 0.6) is 0 Å². The molecule has 0 amide bonds. The molecule has 0 heterocycles. The summed E-state index contributed by atoms with van der Waals surface area (Å²) in [7, 11) is 0. The smallest absolute Gasteiger partial charge is 0.298 e. The van der Waals surface area contributed by atoms with Gasteiger partial charge in [0.15, 0.2) is 0 Å². The predicted molar refractivity (Wildman–Crippen MR) is 102 cm³/mol. The number of hydrogen-bond acceptors (Lipinski definition) is 1. The molecule has 0 bridgehead atoms. The van der Waals surface area contributed by atoms with Crippen LogP contribution in [0.2, 0.25) is 10.0 Å². The number of benzene rings is 2. The predicted octanol–water partition coefficient (Wildman–Crippen LogP) is 7.50. The number of rotatable bonds is 4. The summed E-state index contributed by atoms with van der Waals surface area (Å²) < 4.78 is 40.3. The molecule has 2 rings (SSSR count). The summed E-state index contributed by atoms with van der Waals surface area (Å²) in [6, 6.07) is 8.85. The second kappa shape index (κ2) is 9.79. The topological polar surface area (TPSA) is 17.1 Å². The molecule has 0 aromatic heterocycles. The monoisotopic (exact) mass is 402 g/mol. The number of halogens is 5. The molecular formula is C20H19Cl2F3O. The standard InChI is InChI=1S/C18H13Cl2F3O.C2H6/c1-11-8-14(9-16(19)17(11)20)15(18(21,22)23)7-6-12-2-4-13(10-24)5-3-12;1-2/h2-10,15H,1H3;1-2H3/b7-6+;. The van der Waals surface area contributed by atoms with E-state index < -0.39 is 12.1 Å². The fourth-order valence-electron chi connectivity index (χ4n) is 2.23. The lowest BCUT2D eigenvalue weighted by Crippen LogP contribution is -2.19. The Balaban J connectivity index is 0.00000163. The summed E-state index contributed by atoms with van der Waals surface area (Å²) in [6.07, 6.45) is -1.37. The van der Waals surface area contributed by atoms with Gasteiger partial charge in [-0.1, -0.05) is 79.5 Å². The van der Waals surface area contributed by atoms with E-state index in [9.17, 15) is 18.0 Å². The minimum atomic E-state index is -4.47. The molecule has 0 spiro atoms. The summed E-state index contributed by atoms with van der Waals surface area (Å²) in [4.78, 5) is 10.6. The number of carbonyl (C=O) groups excluding carboxylic acids is 1. The first kappa shape index (κ1) is 22.3. The van der Waals surface area contributed by atoms with E-state index in [0.29, 0.717) is 23.0 Å². The van der Waals surface area contributed by atoms with Crippen molar-refractivity contribution >= 4 is 35.6 Å². The van der Waals surface area contributed by atoms with Crippen molar-refractivity contribution in [2.75, 3.05) is 0 Å². The molecule has 2 aromatic carbocycles. The van der Waals surface area contributed by atoms with Crippen LogP contribution in [-0.4, -0.2) is 12.5 Å². The molecule has 0 aliphatic heterocycles. The van der Waals surface area contributed by atoms with Crippen LogP contribution >= 0.6 is 23.2 Å². The van der Waals surface area contributed by atoms with Gasteiger partial charge in [-0.3, -0.25) is 4.79 Å². The summed E-state index contributed by atoms with van der Waals surface area (Å²) >= 11 is 11.8. The Morgan fingerprint density at radius 1 is 1.00 bits per heavy atom. The highest BCUT2D eigenvalue weighted by atomic mass is 35.5. The van der Waals surface area contributed by atoms with E-state index in [-0.39, 0.29) is 15.6 Å². The van der Waals surface area contributed by atoms with Gasteiger partial charge in [0.2, 0.25) is 0 Å². The lowest BCUT2D eigenvalue weighted by atomic mass is 9.95. The molecule has 0 radical (unpaired) electrons. The normalized spacial score (nSPS) is 12.5. The molecule has 0 aliphatic rings. The summed E-state index contributed by atoms with van der Waals surface area (Å²) in [6.45, 7) is 5.60. The summed E-state index contributed by atoms with van der Waals surface area (Å²) in [5, 5.41) is 0.333. The molecule has 1 unspecified atom stereocenters. The number of alkyl halides is 3. The van der Waals surface area contributed by atoms with Crippen molar-refractivity contribution in [1.29, 1.82) is 0 Å². The van der Waals surface area contributed by atoms with Crippen LogP contribution in [0.15, 0.2) is 42.5 Å². The molecule has 26 heavy (non-hydrogen) atoms. The fraction of sp³-hybridized carbons (Fsp3) is 0.250. The van der Waals surface area contributed by atoms with Crippen LogP contribution in [0, 0.1) is 6.92 Å². The zero-order valence-corrected chi connectivity index (χ0v) is 16.1. The van der Waals surface area contributed by atoms with Crippen LogP contribution in [0.1, 0.15) is 46.8 Å². The average molecular weight is 403 g/mol. The number of aryl methyl sites for hydroxylation is 1. The Hall–Kier alpha value is -1.78. The van der Waals surface area contributed by atoms with E-state index in [2.05, 4.69) is 0 Å². The molecule has 2 aromatic rings. The lowest BCUT2D eigenvalue weighted by molar-refractivity contribution is -0.139. The number of aldehydes is 1. The van der Waals surface area contributed by atoms with Gasteiger partial charge in [-0.25, -0.2) is 0 Å². The van der Waals surface area contributed by atoms with Crippen molar-refractivity contribution in [2.24, 2.45) is 0 Å². The van der Waals surface area contributed by atoms with Crippen LogP contribution in [0.25, 0.3) is 6.08 Å². The second-order valence-corrected chi connectivity index (χ2v) is 6.08. The molecule has 1 atom stereocenters. The Morgan fingerprint density at radius 3 is 2.00 bits per heavy atom. The molecule has 0 saturated carbocycles. The highest BCUT2D eigenvalue weighted by molar-refractivity contribution is 6.42. The minimum Gasteiger partial charge on any atom is -0.298 e. The van der Waals surface area contributed by atoms with E-state index in [1.807, 2.05) is 13.8 Å². The Labute approximate surface area is 161 Å². The van der Waals surface area contributed by atoms with Crippen molar-refractivity contribution in [3.05, 3.63) is 74.8 Å². The zero-order valence-electron chi connectivity index (χ0n) is 14.6. The highest BCUT2D eigenvalue weighted by Crippen LogP contribution is 2.39. The summed E-state index contributed by atoms with van der Waals surface area (Å²) in [5.74, 6) is -1.81. The van der Waals surface area contributed by atoms with Crippen LogP contribution in [0.3, 0.4) is 0 Å². The van der Waals surface area contributed by atoms with Gasteiger partial charge in [0.25, 0.3) is 0 Å². The third-order valence-corrected chi connectivity index (χ3v) is 4.39. The van der Waals surface area contributed by atoms with E-state index in [1.165, 1.54) is 18.2 Å².